The molecule has 4 atom stereocenters. The van der Waals surface area contributed by atoms with Crippen LogP contribution in [0.3, 0.4) is 0 Å². The van der Waals surface area contributed by atoms with E-state index in [4.69, 9.17) is 9.63 Å². The Bertz CT molecular complexity index is 707. The number of rotatable bonds is 5. The van der Waals surface area contributed by atoms with E-state index in [2.05, 4.69) is 21.6 Å². The predicted octanol–water partition coefficient (Wildman–Crippen LogP) is 3.49. The highest BCUT2D eigenvalue weighted by atomic mass is 31.0. The van der Waals surface area contributed by atoms with Crippen molar-refractivity contribution in [2.75, 3.05) is 6.61 Å². The molecular formula is C19H22FO3P. The zero-order valence-electron chi connectivity index (χ0n) is 13.4. The Morgan fingerprint density at radius 3 is 2.67 bits per heavy atom. The molecule has 0 saturated heterocycles. The lowest BCUT2D eigenvalue weighted by Crippen LogP contribution is -2.17. The molecule has 0 radical (unpaired) electrons. The molecule has 2 N–H and O–H groups in total. The van der Waals surface area contributed by atoms with Gasteiger partial charge in [0.05, 0.1) is 18.8 Å². The zero-order chi connectivity index (χ0) is 17.1. The molecule has 0 aromatic heterocycles. The smallest absolute Gasteiger partial charge is 0.123 e. The molecule has 1 unspecified atom stereocenters. The van der Waals surface area contributed by atoms with Crippen molar-refractivity contribution in [3.05, 3.63) is 70.5 Å². The van der Waals surface area contributed by atoms with Gasteiger partial charge in [-0.1, -0.05) is 30.3 Å². The van der Waals surface area contributed by atoms with Gasteiger partial charge in [-0.15, -0.1) is 0 Å². The molecule has 2 aromatic rings. The molecule has 1 aliphatic rings. The van der Waals surface area contributed by atoms with E-state index < -0.39 is 6.10 Å². The van der Waals surface area contributed by atoms with E-state index in [-0.39, 0.29) is 24.4 Å². The molecule has 0 fully saturated rings. The summed E-state index contributed by atoms with van der Waals surface area (Å²) in [7, 11) is 2.30. The lowest BCUT2D eigenvalue weighted by atomic mass is 9.85. The van der Waals surface area contributed by atoms with Crippen molar-refractivity contribution in [1.29, 1.82) is 0 Å². The molecule has 0 spiro atoms. The number of hydrogen-bond acceptors (Lipinski definition) is 3. The van der Waals surface area contributed by atoms with Crippen LogP contribution in [0.15, 0.2) is 42.5 Å². The highest BCUT2D eigenvalue weighted by molar-refractivity contribution is 7.09. The first-order valence-corrected chi connectivity index (χ1v) is 8.61. The second-order valence-corrected chi connectivity index (χ2v) is 6.57. The third-order valence-corrected chi connectivity index (χ3v) is 5.08. The van der Waals surface area contributed by atoms with Crippen LogP contribution in [0.5, 0.6) is 0 Å². The Morgan fingerprint density at radius 2 is 1.92 bits per heavy atom. The fourth-order valence-electron chi connectivity index (χ4n) is 3.57. The van der Waals surface area contributed by atoms with Gasteiger partial charge in [0.2, 0.25) is 0 Å². The SMILES string of the molecule is OC[C@@H](O)CC[C@@H]1c2ccccc2Cc2ccc(F)cc2[C@H]1OP. The number of aliphatic hydroxyl groups excluding tert-OH is 2. The van der Waals surface area contributed by atoms with Crippen LogP contribution >= 0.6 is 9.47 Å². The maximum Gasteiger partial charge on any atom is 0.123 e. The molecule has 2 aromatic carbocycles. The minimum absolute atomic E-state index is 0.0112. The highest BCUT2D eigenvalue weighted by Crippen LogP contribution is 2.45. The van der Waals surface area contributed by atoms with Gasteiger partial charge in [0, 0.05) is 15.4 Å². The molecule has 0 heterocycles. The van der Waals surface area contributed by atoms with Gasteiger partial charge in [-0.25, -0.2) is 4.39 Å². The van der Waals surface area contributed by atoms with Crippen molar-refractivity contribution < 1.29 is 19.1 Å². The van der Waals surface area contributed by atoms with E-state index in [1.165, 1.54) is 11.6 Å². The van der Waals surface area contributed by atoms with Crippen LogP contribution in [0.4, 0.5) is 4.39 Å². The summed E-state index contributed by atoms with van der Waals surface area (Å²) in [6, 6.07) is 13.0. The summed E-state index contributed by atoms with van der Waals surface area (Å²) in [5.74, 6) is -0.288. The molecule has 0 amide bonds. The molecule has 0 bridgehead atoms. The van der Waals surface area contributed by atoms with Gasteiger partial charge < -0.3 is 14.7 Å². The number of aliphatic hydroxyl groups is 2. The summed E-state index contributed by atoms with van der Waals surface area (Å²) < 4.78 is 19.5. The van der Waals surface area contributed by atoms with Crippen LogP contribution in [-0.4, -0.2) is 22.9 Å². The molecule has 24 heavy (non-hydrogen) atoms. The molecule has 3 rings (SSSR count). The Balaban J connectivity index is 2.06. The summed E-state index contributed by atoms with van der Waals surface area (Å²) in [5.41, 5.74) is 4.26. The van der Waals surface area contributed by atoms with Crippen LogP contribution < -0.4 is 0 Å². The summed E-state index contributed by atoms with van der Waals surface area (Å²) >= 11 is 0. The van der Waals surface area contributed by atoms with Crippen LogP contribution in [0.2, 0.25) is 0 Å². The Kier molecular flexibility index (Phi) is 5.62. The zero-order valence-corrected chi connectivity index (χ0v) is 14.5. The van der Waals surface area contributed by atoms with Crippen molar-refractivity contribution in [2.45, 2.75) is 37.4 Å². The lowest BCUT2D eigenvalue weighted by Gasteiger charge is -2.27. The first-order valence-electron chi connectivity index (χ1n) is 8.14. The molecule has 0 saturated carbocycles. The fourth-order valence-corrected chi connectivity index (χ4v) is 3.91. The van der Waals surface area contributed by atoms with Crippen LogP contribution in [-0.2, 0) is 10.9 Å². The first kappa shape index (κ1) is 17.5. The Morgan fingerprint density at radius 1 is 1.17 bits per heavy atom. The Hall–Kier alpha value is -1.32. The van der Waals surface area contributed by atoms with Crippen molar-refractivity contribution in [3.8, 4) is 0 Å². The summed E-state index contributed by atoms with van der Waals surface area (Å²) in [6.07, 6.45) is 0.779. The highest BCUT2D eigenvalue weighted by Gasteiger charge is 2.32. The average molecular weight is 348 g/mol. The monoisotopic (exact) mass is 348 g/mol. The van der Waals surface area contributed by atoms with E-state index in [0.29, 0.717) is 12.8 Å². The van der Waals surface area contributed by atoms with Gasteiger partial charge in [0.1, 0.15) is 5.82 Å². The van der Waals surface area contributed by atoms with E-state index in [1.807, 2.05) is 18.2 Å². The quantitative estimate of drug-likeness (QED) is 0.813. The van der Waals surface area contributed by atoms with Crippen LogP contribution in [0.25, 0.3) is 0 Å². The van der Waals surface area contributed by atoms with Crippen molar-refractivity contribution in [3.63, 3.8) is 0 Å². The molecule has 1 aliphatic carbocycles. The Labute approximate surface area is 143 Å². The second kappa shape index (κ2) is 7.71. The fraction of sp³-hybridized carbons (Fsp3) is 0.368. The normalized spacial score (nSPS) is 20.8. The van der Waals surface area contributed by atoms with Gasteiger partial charge in [-0.3, -0.25) is 0 Å². The van der Waals surface area contributed by atoms with Crippen molar-refractivity contribution >= 4 is 9.47 Å². The van der Waals surface area contributed by atoms with Gasteiger partial charge >= 0.3 is 0 Å². The van der Waals surface area contributed by atoms with E-state index in [0.717, 1.165) is 23.1 Å². The number of fused-ring (bicyclic) bond motifs is 2. The maximum absolute atomic E-state index is 13.8. The molecular weight excluding hydrogens is 326 g/mol. The van der Waals surface area contributed by atoms with Gasteiger partial charge in [0.15, 0.2) is 0 Å². The lowest BCUT2D eigenvalue weighted by molar-refractivity contribution is 0.0794. The first-order chi connectivity index (χ1) is 11.6. The van der Waals surface area contributed by atoms with Gasteiger partial charge in [-0.05, 0) is 53.6 Å². The van der Waals surface area contributed by atoms with Gasteiger partial charge in [0.25, 0.3) is 0 Å². The minimum Gasteiger partial charge on any atom is -0.394 e. The third-order valence-electron chi connectivity index (χ3n) is 4.78. The predicted molar refractivity (Wildman–Crippen MR) is 94.3 cm³/mol. The minimum atomic E-state index is -0.752. The van der Waals surface area contributed by atoms with Crippen LogP contribution in [0, 0.1) is 5.82 Å². The van der Waals surface area contributed by atoms with Gasteiger partial charge in [-0.2, -0.15) is 0 Å². The molecule has 0 aliphatic heterocycles. The number of hydrogen-bond donors (Lipinski definition) is 2. The van der Waals surface area contributed by atoms with E-state index in [1.54, 1.807) is 6.07 Å². The average Bonchev–Trinajstić information content (AvgIpc) is 2.73. The number of halogens is 1. The summed E-state index contributed by atoms with van der Waals surface area (Å²) in [5, 5.41) is 18.8. The molecule has 5 heteroatoms. The summed E-state index contributed by atoms with van der Waals surface area (Å²) in [4.78, 5) is 0. The van der Waals surface area contributed by atoms with E-state index >= 15 is 0 Å². The second-order valence-electron chi connectivity index (χ2n) is 6.30. The topological polar surface area (TPSA) is 49.7 Å². The number of benzene rings is 2. The van der Waals surface area contributed by atoms with Crippen LogP contribution in [0.1, 0.15) is 47.1 Å². The van der Waals surface area contributed by atoms with Crippen molar-refractivity contribution in [1.82, 2.24) is 0 Å². The molecule has 128 valence electrons. The van der Waals surface area contributed by atoms with E-state index in [9.17, 15) is 9.50 Å². The third kappa shape index (κ3) is 3.52. The molecule has 3 nitrogen and oxygen atoms in total. The van der Waals surface area contributed by atoms with Crippen molar-refractivity contribution in [2.24, 2.45) is 0 Å². The standard InChI is InChI=1S/C19H22FO3P/c20-14-6-5-13-9-12-3-1-2-4-16(12)17(8-7-15(22)11-21)19(23-24)18(13)10-14/h1-6,10,15,17,19,21-22H,7-9,11,24H2/t15-,17+,19-/m0/s1. The maximum atomic E-state index is 13.8. The largest absolute Gasteiger partial charge is 0.394 e. The summed E-state index contributed by atoms with van der Waals surface area (Å²) in [6.45, 7) is -0.258.